The average molecular weight is 821 g/mol. The molecule has 1 saturated heterocycles. The molecule has 0 unspecified atom stereocenters. The van der Waals surface area contributed by atoms with Crippen LogP contribution < -0.4 is 20.7 Å². The molecule has 0 aliphatic carbocycles. The zero-order valence-electron chi connectivity index (χ0n) is 33.4. The number of fused-ring (bicyclic) bond motifs is 4. The van der Waals surface area contributed by atoms with Crippen LogP contribution >= 0.6 is 11.6 Å². The number of amides is 3. The van der Waals surface area contributed by atoms with E-state index in [0.717, 1.165) is 10.5 Å². The van der Waals surface area contributed by atoms with Crippen molar-refractivity contribution in [2.45, 2.75) is 89.6 Å². The van der Waals surface area contributed by atoms with Gasteiger partial charge in [-0.3, -0.25) is 14.9 Å². The number of benzene rings is 2. The highest BCUT2D eigenvalue weighted by molar-refractivity contribution is 6.35. The quantitative estimate of drug-likeness (QED) is 0.229. The Morgan fingerprint density at radius 3 is 2.44 bits per heavy atom. The number of nitrogens with one attached hydrogen (secondary N) is 1. The monoisotopic (exact) mass is 820 g/mol. The van der Waals surface area contributed by atoms with Crippen LogP contribution in [-0.4, -0.2) is 103 Å². The molecule has 17 heteroatoms. The molecule has 2 aromatic carbocycles. The van der Waals surface area contributed by atoms with Crippen molar-refractivity contribution in [1.29, 1.82) is 0 Å². The minimum absolute atomic E-state index is 0.115. The van der Waals surface area contributed by atoms with Crippen LogP contribution in [0.5, 0.6) is 5.75 Å². The normalized spacial score (nSPS) is 29.3. The number of hydrogen-bond donors (Lipinski definition) is 4. The molecule has 3 amide bonds. The third kappa shape index (κ3) is 9.68. The Bertz CT molecular complexity index is 1940. The lowest BCUT2D eigenvalue weighted by atomic mass is 9.73. The van der Waals surface area contributed by atoms with Crippen LogP contribution in [-0.2, 0) is 30.2 Å². The number of anilines is 2. The van der Waals surface area contributed by atoms with Crippen LogP contribution in [0, 0.1) is 23.5 Å². The molecule has 0 saturated carbocycles. The van der Waals surface area contributed by atoms with E-state index < -0.39 is 101 Å². The molecule has 0 spiro atoms. The largest absolute Gasteiger partial charge is 0.495 e. The van der Waals surface area contributed by atoms with E-state index >= 15 is 0 Å². The molecule has 2 aliphatic rings. The van der Waals surface area contributed by atoms with Crippen molar-refractivity contribution in [2.75, 3.05) is 38.9 Å². The van der Waals surface area contributed by atoms with E-state index in [9.17, 15) is 38.2 Å². The maximum Gasteiger partial charge on any atom is 0.409 e. The third-order valence-corrected chi connectivity index (χ3v) is 11.5. The minimum atomic E-state index is -2.07. The second kappa shape index (κ2) is 17.8. The van der Waals surface area contributed by atoms with E-state index in [1.54, 1.807) is 44.2 Å². The molecule has 0 aromatic heterocycles. The number of hydrogen-bond acceptors (Lipinski definition) is 11. The van der Waals surface area contributed by atoms with Crippen molar-refractivity contribution < 1.29 is 57.1 Å². The number of aliphatic hydroxyl groups is 2. The number of methoxy groups -OCH3 is 2. The van der Waals surface area contributed by atoms with E-state index in [-0.39, 0.29) is 22.9 Å². The SMILES string of the molecule is COc1cc2cc(c1Cl)N(C)C(=O)C[C@H](OC(=O)[C@H](C)N(C)C(=O)c1cc(F)c(N)cc1F)[C@](C)(O)[C@@H](C)[C@H](C)[C@@H]1C[C@@](O)(NC(=O)O1)[C@H](OC)/C=C/C=C(\C)C2. The highest BCUT2D eigenvalue weighted by atomic mass is 35.5. The number of esters is 1. The second-order valence-electron chi connectivity index (χ2n) is 15.0. The third-order valence-electron chi connectivity index (χ3n) is 11.1. The molecule has 0 radical (unpaired) electrons. The fraction of sp³-hybridized carbons (Fsp3) is 0.500. The van der Waals surface area contributed by atoms with Crippen LogP contribution in [0.25, 0.3) is 0 Å². The van der Waals surface area contributed by atoms with Gasteiger partial charge in [-0.2, -0.15) is 0 Å². The molecule has 2 aromatic rings. The van der Waals surface area contributed by atoms with Gasteiger partial charge >= 0.3 is 12.1 Å². The summed E-state index contributed by atoms with van der Waals surface area (Å²) >= 11 is 6.72. The number of carbonyl (C=O) groups excluding carboxylic acids is 4. The molecule has 14 nitrogen and oxygen atoms in total. The van der Waals surface area contributed by atoms with Crippen molar-refractivity contribution in [3.63, 3.8) is 0 Å². The molecule has 2 aliphatic heterocycles. The van der Waals surface area contributed by atoms with Gasteiger partial charge in [0, 0.05) is 33.7 Å². The molecule has 312 valence electrons. The summed E-state index contributed by atoms with van der Waals surface area (Å²) in [4.78, 5) is 56.3. The number of rotatable bonds is 6. The Morgan fingerprint density at radius 1 is 1.14 bits per heavy atom. The van der Waals surface area contributed by atoms with Crippen molar-refractivity contribution in [2.24, 2.45) is 11.8 Å². The maximum atomic E-state index is 14.7. The lowest BCUT2D eigenvalue weighted by Crippen LogP contribution is -2.64. The standard InChI is InChI=1S/C40H51ClF2N4O10/c1-20-11-10-12-32(55-9)40(53)19-31(56-38(51)45-40)21(2)22(3)39(5,52)33(18-34(48)47(7)29-14-24(13-20)15-30(54-8)35(29)41)57-37(50)23(4)46(6)36(49)25-16-27(43)28(44)17-26(25)42/h10-12,14-17,21-23,31-33,52-53H,13,18-19,44H2,1-9H3,(H,45,51)/b12-10+,20-11+/t21-,22-,23-,31-,32+,33-,39+,40-/m0/s1. The summed E-state index contributed by atoms with van der Waals surface area (Å²) in [7, 11) is 5.42. The van der Waals surface area contributed by atoms with Gasteiger partial charge in [-0.1, -0.05) is 49.2 Å². The molecule has 4 bridgehead atoms. The summed E-state index contributed by atoms with van der Waals surface area (Å²) in [5, 5.41) is 26.7. The zero-order valence-corrected chi connectivity index (χ0v) is 34.1. The van der Waals surface area contributed by atoms with Gasteiger partial charge in [0.1, 0.15) is 52.4 Å². The number of ether oxygens (including phenoxy) is 4. The van der Waals surface area contributed by atoms with Crippen molar-refractivity contribution in [3.05, 3.63) is 75.9 Å². The first-order valence-corrected chi connectivity index (χ1v) is 18.6. The molecular weight excluding hydrogens is 770 g/mol. The summed E-state index contributed by atoms with van der Waals surface area (Å²) < 4.78 is 51.6. The Hall–Kier alpha value is -4.77. The molecule has 4 rings (SSSR count). The lowest BCUT2D eigenvalue weighted by Gasteiger charge is -2.46. The van der Waals surface area contributed by atoms with E-state index in [1.165, 1.54) is 47.1 Å². The number of allylic oxidation sites excluding steroid dienone is 3. The van der Waals surface area contributed by atoms with Crippen LogP contribution in [0.3, 0.4) is 0 Å². The molecule has 2 heterocycles. The van der Waals surface area contributed by atoms with Gasteiger partial charge in [0.05, 0.1) is 30.5 Å². The van der Waals surface area contributed by atoms with Crippen LogP contribution in [0.15, 0.2) is 48.1 Å². The predicted molar refractivity (Wildman–Crippen MR) is 208 cm³/mol. The number of likely N-dealkylation sites (N-methyl/N-ethyl adjacent to an activating group) is 1. The predicted octanol–water partition coefficient (Wildman–Crippen LogP) is 4.92. The number of nitrogen functional groups attached to an aromatic ring is 1. The molecule has 5 N–H and O–H groups in total. The van der Waals surface area contributed by atoms with E-state index in [1.807, 2.05) is 6.92 Å². The van der Waals surface area contributed by atoms with Gasteiger partial charge in [-0.15, -0.1) is 0 Å². The summed E-state index contributed by atoms with van der Waals surface area (Å²) in [5.41, 5.74) is 2.04. The number of alkyl carbamates (subject to hydrolysis) is 1. The number of nitrogens with zero attached hydrogens (tertiary/aromatic N) is 2. The van der Waals surface area contributed by atoms with Gasteiger partial charge in [0.25, 0.3) is 5.91 Å². The fourth-order valence-electron chi connectivity index (χ4n) is 6.92. The number of halogens is 3. The smallest absolute Gasteiger partial charge is 0.409 e. The summed E-state index contributed by atoms with van der Waals surface area (Å²) in [6, 6.07) is 3.22. The zero-order chi connectivity index (χ0) is 42.7. The van der Waals surface area contributed by atoms with Crippen molar-refractivity contribution in [1.82, 2.24) is 10.2 Å². The Kier molecular flexibility index (Phi) is 14.0. The van der Waals surface area contributed by atoms with Gasteiger partial charge in [0.15, 0.2) is 5.72 Å². The second-order valence-corrected chi connectivity index (χ2v) is 15.3. The summed E-state index contributed by atoms with van der Waals surface area (Å²) in [6.45, 7) is 7.74. The Balaban J connectivity index is 1.80. The van der Waals surface area contributed by atoms with Gasteiger partial charge < -0.3 is 44.7 Å². The molecule has 1 fully saturated rings. The molecular formula is C40H51ClF2N4O10. The number of nitrogens with two attached hydrogens (primary N) is 1. The van der Waals surface area contributed by atoms with Crippen molar-refractivity contribution in [3.8, 4) is 5.75 Å². The fourth-order valence-corrected chi connectivity index (χ4v) is 7.24. The highest BCUT2D eigenvalue weighted by Crippen LogP contribution is 2.40. The average Bonchev–Trinajstić information content (AvgIpc) is 3.15. The highest BCUT2D eigenvalue weighted by Gasteiger charge is 2.51. The van der Waals surface area contributed by atoms with E-state index in [2.05, 4.69) is 5.32 Å². The minimum Gasteiger partial charge on any atom is -0.495 e. The van der Waals surface area contributed by atoms with Crippen LogP contribution in [0.1, 0.15) is 63.4 Å². The lowest BCUT2D eigenvalue weighted by molar-refractivity contribution is -0.185. The topological polar surface area (TPSA) is 190 Å². The summed E-state index contributed by atoms with van der Waals surface area (Å²) in [5.74, 6) is -6.37. The molecule has 57 heavy (non-hydrogen) atoms. The van der Waals surface area contributed by atoms with Gasteiger partial charge in [-0.25, -0.2) is 18.4 Å². The number of carbonyl (C=O) groups is 4. The van der Waals surface area contributed by atoms with E-state index in [0.29, 0.717) is 24.1 Å². The first-order valence-electron chi connectivity index (χ1n) is 18.2. The van der Waals surface area contributed by atoms with Crippen LogP contribution in [0.2, 0.25) is 5.02 Å². The van der Waals surface area contributed by atoms with E-state index in [4.69, 9.17) is 36.3 Å². The Morgan fingerprint density at radius 2 is 1.81 bits per heavy atom. The van der Waals surface area contributed by atoms with Gasteiger partial charge in [-0.05, 0) is 62.8 Å². The molecule has 8 atom stereocenters. The summed E-state index contributed by atoms with van der Waals surface area (Å²) in [6.07, 6.45) is 0.0116. The Labute approximate surface area is 335 Å². The maximum absolute atomic E-state index is 14.7. The van der Waals surface area contributed by atoms with Crippen LogP contribution in [0.4, 0.5) is 25.0 Å². The van der Waals surface area contributed by atoms with Gasteiger partial charge in [0.2, 0.25) is 5.91 Å². The van der Waals surface area contributed by atoms with Crippen molar-refractivity contribution >= 4 is 46.9 Å². The first kappa shape index (κ1) is 44.9. The first-order chi connectivity index (χ1) is 26.6.